The maximum Gasteiger partial charge on any atom is 0.449 e. The first-order chi connectivity index (χ1) is 12.6. The van der Waals surface area contributed by atoms with Gasteiger partial charge in [0.2, 0.25) is 5.82 Å². The molecule has 148 valence electrons. The Morgan fingerprint density at radius 1 is 1.07 bits per heavy atom. The molecular weight excluding hydrogens is 378 g/mol. The largest absolute Gasteiger partial charge is 0.449 e. The molecule has 1 aliphatic heterocycles. The van der Waals surface area contributed by atoms with Crippen molar-refractivity contribution in [3.8, 4) is 0 Å². The summed E-state index contributed by atoms with van der Waals surface area (Å²) in [6.07, 6.45) is -11.7. The first-order valence-corrected chi connectivity index (χ1v) is 8.12. The minimum absolute atomic E-state index is 0.0153. The van der Waals surface area contributed by atoms with Crippen molar-refractivity contribution >= 4 is 17.3 Å². The van der Waals surface area contributed by atoms with Gasteiger partial charge in [-0.2, -0.15) is 26.3 Å². The number of imidazole rings is 1. The van der Waals surface area contributed by atoms with Crippen LogP contribution in [0.15, 0.2) is 24.3 Å². The van der Waals surface area contributed by atoms with Crippen LogP contribution in [-0.4, -0.2) is 53.1 Å². The molecule has 1 aromatic heterocycles. The molecule has 0 saturated carbocycles. The van der Waals surface area contributed by atoms with Gasteiger partial charge in [0.15, 0.2) is 11.9 Å². The van der Waals surface area contributed by atoms with Gasteiger partial charge in [-0.25, -0.2) is 4.98 Å². The Kier molecular flexibility index (Phi) is 4.93. The van der Waals surface area contributed by atoms with Gasteiger partial charge in [-0.1, -0.05) is 12.1 Å². The van der Waals surface area contributed by atoms with Crippen LogP contribution in [0.1, 0.15) is 12.2 Å². The minimum atomic E-state index is -5.03. The second kappa shape index (κ2) is 6.79. The first kappa shape index (κ1) is 19.6. The van der Waals surface area contributed by atoms with E-state index in [4.69, 9.17) is 0 Å². The van der Waals surface area contributed by atoms with E-state index in [2.05, 4.69) is 10.3 Å². The number of halogens is 6. The molecule has 1 aliphatic rings. The van der Waals surface area contributed by atoms with Crippen molar-refractivity contribution in [2.24, 2.45) is 0 Å². The van der Waals surface area contributed by atoms with Crippen LogP contribution < -0.4 is 5.32 Å². The highest BCUT2D eigenvalue weighted by molar-refractivity contribution is 5.79. The number of aldehydes is 1. The molecule has 1 fully saturated rings. The van der Waals surface area contributed by atoms with Crippen LogP contribution in [0.5, 0.6) is 0 Å². The third-order valence-electron chi connectivity index (χ3n) is 4.52. The highest BCUT2D eigenvalue weighted by Crippen LogP contribution is 2.41. The Bertz CT molecular complexity index is 824. The zero-order valence-electron chi connectivity index (χ0n) is 13.9. The molecule has 0 aliphatic carbocycles. The maximum absolute atomic E-state index is 13.6. The predicted octanol–water partition coefficient (Wildman–Crippen LogP) is 2.76. The average molecular weight is 394 g/mol. The number of para-hydroxylation sites is 2. The van der Waals surface area contributed by atoms with E-state index in [0.717, 1.165) is 4.90 Å². The molecule has 1 N–H and O–H groups in total. The summed E-state index contributed by atoms with van der Waals surface area (Å²) in [7, 11) is 0. The second-order valence-corrected chi connectivity index (χ2v) is 6.28. The van der Waals surface area contributed by atoms with Gasteiger partial charge >= 0.3 is 12.4 Å². The summed E-state index contributed by atoms with van der Waals surface area (Å²) >= 11 is 0. The monoisotopic (exact) mass is 394 g/mol. The van der Waals surface area contributed by atoms with Gasteiger partial charge in [0.25, 0.3) is 0 Å². The van der Waals surface area contributed by atoms with Crippen molar-refractivity contribution in [2.45, 2.75) is 24.4 Å². The fourth-order valence-electron chi connectivity index (χ4n) is 3.46. The molecule has 0 radical (unpaired) electrons. The van der Waals surface area contributed by atoms with E-state index in [-0.39, 0.29) is 43.5 Å². The standard InChI is InChI=1S/C16H16F6N4O/c17-15(18,19)9-14(10-27,25-7-5-23-6-8-25)26-12-4-2-1-3-11(12)24-13(26)16(20,21)22/h1-4,10,23H,5-9H2. The van der Waals surface area contributed by atoms with Crippen molar-refractivity contribution in [2.75, 3.05) is 26.2 Å². The highest BCUT2D eigenvalue weighted by Gasteiger charge is 2.52. The number of benzene rings is 1. The van der Waals surface area contributed by atoms with E-state index in [9.17, 15) is 31.1 Å². The van der Waals surface area contributed by atoms with Crippen molar-refractivity contribution in [3.63, 3.8) is 0 Å². The fraction of sp³-hybridized carbons (Fsp3) is 0.500. The van der Waals surface area contributed by atoms with Gasteiger partial charge in [0, 0.05) is 26.2 Å². The molecule has 5 nitrogen and oxygen atoms in total. The van der Waals surface area contributed by atoms with Gasteiger partial charge in [-0.15, -0.1) is 0 Å². The number of carbonyl (C=O) groups is 1. The summed E-state index contributed by atoms with van der Waals surface area (Å²) in [4.78, 5) is 16.7. The molecule has 11 heteroatoms. The molecule has 1 unspecified atom stereocenters. The van der Waals surface area contributed by atoms with Crippen LogP contribution in [0, 0.1) is 0 Å². The zero-order chi connectivity index (χ0) is 19.9. The first-order valence-electron chi connectivity index (χ1n) is 8.12. The van der Waals surface area contributed by atoms with Crippen molar-refractivity contribution < 1.29 is 31.1 Å². The average Bonchev–Trinajstić information content (AvgIpc) is 3.00. The lowest BCUT2D eigenvalue weighted by atomic mass is 10.0. The molecule has 27 heavy (non-hydrogen) atoms. The van der Waals surface area contributed by atoms with Gasteiger partial charge < -0.3 is 5.32 Å². The number of aromatic nitrogens is 2. The summed E-state index contributed by atoms with van der Waals surface area (Å²) < 4.78 is 81.5. The van der Waals surface area contributed by atoms with Gasteiger partial charge in [-0.05, 0) is 12.1 Å². The molecule has 1 aromatic carbocycles. The van der Waals surface area contributed by atoms with Crippen molar-refractivity contribution in [1.82, 2.24) is 19.8 Å². The van der Waals surface area contributed by atoms with E-state index in [1.165, 1.54) is 24.3 Å². The number of nitrogens with one attached hydrogen (secondary N) is 1. The second-order valence-electron chi connectivity index (χ2n) is 6.28. The van der Waals surface area contributed by atoms with Crippen LogP contribution in [0.2, 0.25) is 0 Å². The molecule has 0 amide bonds. The van der Waals surface area contributed by atoms with E-state index in [0.29, 0.717) is 4.57 Å². The topological polar surface area (TPSA) is 50.2 Å². The summed E-state index contributed by atoms with van der Waals surface area (Å²) in [5.74, 6) is -1.53. The predicted molar refractivity (Wildman–Crippen MR) is 83.9 cm³/mol. The number of alkyl halides is 6. The normalized spacial score (nSPS) is 19.2. The van der Waals surface area contributed by atoms with Crippen LogP contribution in [0.3, 0.4) is 0 Å². The Labute approximate surface area is 149 Å². The van der Waals surface area contributed by atoms with E-state index in [1.807, 2.05) is 0 Å². The van der Waals surface area contributed by atoms with Crippen LogP contribution in [-0.2, 0) is 16.6 Å². The Morgan fingerprint density at radius 3 is 2.26 bits per heavy atom. The Balaban J connectivity index is 2.33. The lowest BCUT2D eigenvalue weighted by Crippen LogP contribution is -2.60. The lowest BCUT2D eigenvalue weighted by molar-refractivity contribution is -0.188. The number of hydrogen-bond donors (Lipinski definition) is 1. The molecule has 0 bridgehead atoms. The summed E-state index contributed by atoms with van der Waals surface area (Å²) in [5.41, 5.74) is -2.89. The van der Waals surface area contributed by atoms with Gasteiger partial charge in [0.05, 0.1) is 17.5 Å². The van der Waals surface area contributed by atoms with Crippen LogP contribution in [0.4, 0.5) is 26.3 Å². The molecule has 2 aromatic rings. The third kappa shape index (κ3) is 3.65. The fourth-order valence-corrected chi connectivity index (χ4v) is 3.46. The van der Waals surface area contributed by atoms with Crippen molar-refractivity contribution in [1.29, 1.82) is 0 Å². The number of fused-ring (bicyclic) bond motifs is 1. The molecule has 0 spiro atoms. The third-order valence-corrected chi connectivity index (χ3v) is 4.52. The molecule has 2 heterocycles. The van der Waals surface area contributed by atoms with Gasteiger partial charge in [0.1, 0.15) is 0 Å². The van der Waals surface area contributed by atoms with Crippen LogP contribution >= 0.6 is 0 Å². The SMILES string of the molecule is O=CC(CC(F)(F)F)(N1CCNCC1)n1c(C(F)(F)F)nc2ccccc21. The molecule has 1 saturated heterocycles. The van der Waals surface area contributed by atoms with E-state index in [1.54, 1.807) is 0 Å². The number of rotatable bonds is 4. The van der Waals surface area contributed by atoms with Crippen molar-refractivity contribution in [3.05, 3.63) is 30.1 Å². The lowest BCUT2D eigenvalue weighted by Gasteiger charge is -2.44. The Hall–Kier alpha value is -2.14. The summed E-state index contributed by atoms with van der Waals surface area (Å²) in [6, 6.07) is 5.31. The molecule has 3 rings (SSSR count). The number of carbonyl (C=O) groups excluding carboxylic acids is 1. The Morgan fingerprint density at radius 2 is 1.70 bits per heavy atom. The van der Waals surface area contributed by atoms with E-state index >= 15 is 0 Å². The quantitative estimate of drug-likeness (QED) is 0.640. The maximum atomic E-state index is 13.6. The number of hydrogen-bond acceptors (Lipinski definition) is 4. The molecule has 1 atom stereocenters. The smallest absolute Gasteiger partial charge is 0.314 e. The zero-order valence-corrected chi connectivity index (χ0v) is 13.9. The highest BCUT2D eigenvalue weighted by atomic mass is 19.4. The number of nitrogens with zero attached hydrogens (tertiary/aromatic N) is 3. The summed E-state index contributed by atoms with van der Waals surface area (Å²) in [5, 5.41) is 2.92. The van der Waals surface area contributed by atoms with E-state index < -0.39 is 30.3 Å². The summed E-state index contributed by atoms with van der Waals surface area (Å²) in [6.45, 7) is 0.472. The van der Waals surface area contributed by atoms with Gasteiger partial charge in [-0.3, -0.25) is 14.3 Å². The molecular formula is C16H16F6N4O. The van der Waals surface area contributed by atoms with Crippen LogP contribution in [0.25, 0.3) is 11.0 Å². The number of piperazine rings is 1. The minimum Gasteiger partial charge on any atom is -0.314 e.